The first-order valence-electron chi connectivity index (χ1n) is 8.79. The maximum atomic E-state index is 12.8. The highest BCUT2D eigenvalue weighted by atomic mass is 16.5. The van der Waals surface area contributed by atoms with E-state index in [1.807, 2.05) is 36.1 Å². The zero-order valence-electron chi connectivity index (χ0n) is 15.0. The van der Waals surface area contributed by atoms with Gasteiger partial charge in [0.2, 0.25) is 11.8 Å². The van der Waals surface area contributed by atoms with Gasteiger partial charge in [-0.05, 0) is 37.5 Å². The lowest BCUT2D eigenvalue weighted by Gasteiger charge is -2.29. The van der Waals surface area contributed by atoms with Gasteiger partial charge in [0.1, 0.15) is 5.75 Å². The van der Waals surface area contributed by atoms with Crippen molar-refractivity contribution in [3.05, 3.63) is 29.8 Å². The molecular formula is C19H26N2O4. The smallest absolute Gasteiger partial charge is 0.226 e. The van der Waals surface area contributed by atoms with Crippen molar-refractivity contribution in [1.29, 1.82) is 0 Å². The van der Waals surface area contributed by atoms with Crippen molar-refractivity contribution < 1.29 is 19.1 Å². The number of benzene rings is 1. The molecule has 1 aromatic carbocycles. The number of likely N-dealkylation sites (tertiary alicyclic amines) is 1. The molecule has 1 N–H and O–H groups in total. The molecule has 0 unspecified atom stereocenters. The largest absolute Gasteiger partial charge is 0.497 e. The maximum Gasteiger partial charge on any atom is 0.226 e. The quantitative estimate of drug-likeness (QED) is 0.819. The molecule has 25 heavy (non-hydrogen) atoms. The number of hydrogen-bond donors (Lipinski definition) is 1. The molecule has 1 aliphatic carbocycles. The van der Waals surface area contributed by atoms with Crippen molar-refractivity contribution in [2.45, 2.75) is 44.3 Å². The Labute approximate surface area is 148 Å². The van der Waals surface area contributed by atoms with Crippen molar-refractivity contribution in [3.63, 3.8) is 0 Å². The average Bonchev–Trinajstić information content (AvgIpc) is 3.37. The molecule has 1 aromatic rings. The monoisotopic (exact) mass is 346 g/mol. The highest BCUT2D eigenvalue weighted by Gasteiger charge is 2.49. The van der Waals surface area contributed by atoms with Gasteiger partial charge in [-0.15, -0.1) is 0 Å². The first-order chi connectivity index (χ1) is 12.0. The maximum absolute atomic E-state index is 12.8. The molecule has 1 saturated heterocycles. The van der Waals surface area contributed by atoms with Gasteiger partial charge in [0.25, 0.3) is 0 Å². The molecule has 1 aliphatic heterocycles. The Hall–Kier alpha value is -2.08. The van der Waals surface area contributed by atoms with Crippen LogP contribution in [-0.4, -0.2) is 49.6 Å². The van der Waals surface area contributed by atoms with Crippen molar-refractivity contribution in [2.75, 3.05) is 20.8 Å². The summed E-state index contributed by atoms with van der Waals surface area (Å²) in [5.74, 6) is 0.322. The predicted octanol–water partition coefficient (Wildman–Crippen LogP) is 1.90. The molecule has 3 rings (SSSR count). The van der Waals surface area contributed by atoms with Crippen LogP contribution in [0.2, 0.25) is 0 Å². The summed E-state index contributed by atoms with van der Waals surface area (Å²) >= 11 is 0. The molecule has 2 fully saturated rings. The van der Waals surface area contributed by atoms with E-state index in [0.29, 0.717) is 6.61 Å². The van der Waals surface area contributed by atoms with Gasteiger partial charge in [-0.25, -0.2) is 0 Å². The minimum atomic E-state index is -0.389. The molecule has 3 atom stereocenters. The Morgan fingerprint density at radius 3 is 2.76 bits per heavy atom. The number of carbonyl (C=O) groups is 2. The molecule has 136 valence electrons. The summed E-state index contributed by atoms with van der Waals surface area (Å²) in [5.41, 5.74) is 0.955. The second kappa shape index (κ2) is 7.44. The zero-order chi connectivity index (χ0) is 18.0. The van der Waals surface area contributed by atoms with Gasteiger partial charge >= 0.3 is 0 Å². The molecule has 1 heterocycles. The van der Waals surface area contributed by atoms with Crippen LogP contribution in [0.5, 0.6) is 5.75 Å². The lowest BCUT2D eigenvalue weighted by Crippen LogP contribution is -2.41. The van der Waals surface area contributed by atoms with E-state index in [-0.39, 0.29) is 42.3 Å². The highest BCUT2D eigenvalue weighted by Crippen LogP contribution is 2.45. The Bertz CT molecular complexity index is 644. The standard InChI is InChI=1S/C19H26N2O4/c1-12(11-24-2)20-19(23)16-10-17(22)21(14-7-8-14)18(16)13-5-4-6-15(9-13)25-3/h4-6,9,12,14,16,18H,7-8,10-11H2,1-3H3,(H,20,23)/t12-,16+,18+/m0/s1. The van der Waals surface area contributed by atoms with Crippen LogP contribution in [0.4, 0.5) is 0 Å². The predicted molar refractivity (Wildman–Crippen MR) is 93.2 cm³/mol. The molecule has 1 saturated carbocycles. The number of ether oxygens (including phenoxy) is 2. The number of nitrogens with zero attached hydrogens (tertiary/aromatic N) is 1. The second-order valence-electron chi connectivity index (χ2n) is 6.93. The molecule has 0 spiro atoms. The third kappa shape index (κ3) is 3.79. The van der Waals surface area contributed by atoms with Crippen molar-refractivity contribution >= 4 is 11.8 Å². The third-order valence-corrected chi connectivity index (χ3v) is 4.88. The van der Waals surface area contributed by atoms with Gasteiger partial charge in [0.15, 0.2) is 0 Å². The molecule has 6 nitrogen and oxygen atoms in total. The van der Waals surface area contributed by atoms with Gasteiger partial charge < -0.3 is 19.7 Å². The van der Waals surface area contributed by atoms with E-state index in [1.165, 1.54) is 0 Å². The second-order valence-corrected chi connectivity index (χ2v) is 6.93. The van der Waals surface area contributed by atoms with Crippen LogP contribution in [0.25, 0.3) is 0 Å². The molecule has 0 radical (unpaired) electrons. The van der Waals surface area contributed by atoms with Crippen molar-refractivity contribution in [3.8, 4) is 5.75 Å². The van der Waals surface area contributed by atoms with Gasteiger partial charge in [-0.3, -0.25) is 9.59 Å². The molecule has 0 bridgehead atoms. The minimum Gasteiger partial charge on any atom is -0.497 e. The third-order valence-electron chi connectivity index (χ3n) is 4.88. The van der Waals surface area contributed by atoms with Crippen LogP contribution in [0, 0.1) is 5.92 Å². The lowest BCUT2D eigenvalue weighted by molar-refractivity contribution is -0.129. The van der Waals surface area contributed by atoms with Crippen LogP contribution < -0.4 is 10.1 Å². The summed E-state index contributed by atoms with van der Waals surface area (Å²) in [4.78, 5) is 27.4. The first-order valence-corrected chi connectivity index (χ1v) is 8.79. The van der Waals surface area contributed by atoms with Gasteiger partial charge in [-0.2, -0.15) is 0 Å². The van der Waals surface area contributed by atoms with E-state index in [0.717, 1.165) is 24.2 Å². The van der Waals surface area contributed by atoms with Crippen LogP contribution in [0.15, 0.2) is 24.3 Å². The summed E-state index contributed by atoms with van der Waals surface area (Å²) < 4.78 is 10.4. The van der Waals surface area contributed by atoms with Gasteiger partial charge in [0.05, 0.1) is 25.7 Å². The van der Waals surface area contributed by atoms with Crippen molar-refractivity contribution in [2.24, 2.45) is 5.92 Å². The fourth-order valence-corrected chi connectivity index (χ4v) is 3.63. The average molecular weight is 346 g/mol. The first kappa shape index (κ1) is 17.7. The zero-order valence-corrected chi connectivity index (χ0v) is 15.0. The van der Waals surface area contributed by atoms with Crippen molar-refractivity contribution in [1.82, 2.24) is 10.2 Å². The molecule has 2 aliphatic rings. The van der Waals surface area contributed by atoms with E-state index >= 15 is 0 Å². The van der Waals surface area contributed by atoms with Crippen LogP contribution in [0.1, 0.15) is 37.8 Å². The minimum absolute atomic E-state index is 0.0647. The van der Waals surface area contributed by atoms with Gasteiger partial charge in [0, 0.05) is 25.6 Å². The fraction of sp³-hybridized carbons (Fsp3) is 0.579. The van der Waals surface area contributed by atoms with E-state index in [2.05, 4.69) is 5.32 Å². The molecule has 2 amide bonds. The van der Waals surface area contributed by atoms with Crippen LogP contribution in [-0.2, 0) is 14.3 Å². The van der Waals surface area contributed by atoms with E-state index < -0.39 is 0 Å². The number of nitrogens with one attached hydrogen (secondary N) is 1. The number of methoxy groups -OCH3 is 2. The summed E-state index contributed by atoms with van der Waals surface area (Å²) in [7, 11) is 3.23. The molecular weight excluding hydrogens is 320 g/mol. The lowest BCUT2D eigenvalue weighted by atomic mass is 9.92. The normalized spacial score (nSPS) is 24.3. The molecule has 6 heteroatoms. The van der Waals surface area contributed by atoms with Gasteiger partial charge in [-0.1, -0.05) is 12.1 Å². The number of amides is 2. The van der Waals surface area contributed by atoms with E-state index in [4.69, 9.17) is 9.47 Å². The van der Waals surface area contributed by atoms with E-state index in [9.17, 15) is 9.59 Å². The summed E-state index contributed by atoms with van der Waals surface area (Å²) in [6, 6.07) is 7.62. The SMILES string of the molecule is COC[C@H](C)NC(=O)[C@@H]1CC(=O)N(C2CC2)[C@@H]1c1cccc(OC)c1. The van der Waals surface area contributed by atoms with E-state index in [1.54, 1.807) is 14.2 Å². The Balaban J connectivity index is 1.87. The summed E-state index contributed by atoms with van der Waals surface area (Å²) in [6.45, 7) is 2.35. The molecule has 0 aromatic heterocycles. The number of hydrogen-bond acceptors (Lipinski definition) is 4. The summed E-state index contributed by atoms with van der Waals surface area (Å²) in [5, 5.41) is 2.98. The van der Waals surface area contributed by atoms with Crippen LogP contribution in [0.3, 0.4) is 0 Å². The topological polar surface area (TPSA) is 67.9 Å². The Morgan fingerprint density at radius 2 is 2.12 bits per heavy atom. The highest BCUT2D eigenvalue weighted by molar-refractivity contribution is 5.91. The Morgan fingerprint density at radius 1 is 1.36 bits per heavy atom. The number of rotatable bonds is 7. The summed E-state index contributed by atoms with van der Waals surface area (Å²) in [6.07, 6.45) is 2.28. The Kier molecular flexibility index (Phi) is 5.27. The fourth-order valence-electron chi connectivity index (χ4n) is 3.63. The van der Waals surface area contributed by atoms with Crippen LogP contribution >= 0.6 is 0 Å². The number of carbonyl (C=O) groups excluding carboxylic acids is 2.